The van der Waals surface area contributed by atoms with Crippen molar-refractivity contribution in [3.05, 3.63) is 12.2 Å². The van der Waals surface area contributed by atoms with Crippen LogP contribution in [0.4, 0.5) is 0 Å². The summed E-state index contributed by atoms with van der Waals surface area (Å²) in [5.74, 6) is 3.75. The number of nitriles is 1. The number of rotatable bonds is 5. The highest BCUT2D eigenvalue weighted by Crippen LogP contribution is 2.42. The fourth-order valence-corrected chi connectivity index (χ4v) is 4.43. The minimum Gasteiger partial charge on any atom is -0.193 e. The molecule has 2 aliphatic carbocycles. The molecule has 1 heteroatoms. The maximum atomic E-state index is 8.60. The molecule has 0 aromatic heterocycles. The first-order chi connectivity index (χ1) is 9.83. The molecular formula is C19H31N. The third kappa shape index (κ3) is 4.65. The zero-order chi connectivity index (χ0) is 14.2. The van der Waals surface area contributed by atoms with Crippen LogP contribution in [-0.2, 0) is 0 Å². The fourth-order valence-electron chi connectivity index (χ4n) is 4.43. The average molecular weight is 273 g/mol. The van der Waals surface area contributed by atoms with Gasteiger partial charge in [0.1, 0.15) is 0 Å². The van der Waals surface area contributed by atoms with Crippen LogP contribution in [-0.4, -0.2) is 0 Å². The molecular weight excluding hydrogens is 242 g/mol. The molecule has 0 N–H and O–H groups in total. The Morgan fingerprint density at radius 1 is 0.950 bits per heavy atom. The predicted octanol–water partition coefficient (Wildman–Crippen LogP) is 5.87. The van der Waals surface area contributed by atoms with Gasteiger partial charge in [-0.3, -0.25) is 0 Å². The Kier molecular flexibility index (Phi) is 6.64. The van der Waals surface area contributed by atoms with Crippen molar-refractivity contribution in [3.8, 4) is 6.07 Å². The Morgan fingerprint density at radius 3 is 2.10 bits per heavy atom. The Hall–Kier alpha value is -0.770. The van der Waals surface area contributed by atoms with Crippen molar-refractivity contribution in [2.24, 2.45) is 23.7 Å². The zero-order valence-electron chi connectivity index (χ0n) is 13.2. The number of allylic oxidation sites excluding steroid dienone is 2. The van der Waals surface area contributed by atoms with Gasteiger partial charge in [0.05, 0.1) is 6.07 Å². The lowest BCUT2D eigenvalue weighted by molar-refractivity contribution is 0.152. The van der Waals surface area contributed by atoms with E-state index in [0.29, 0.717) is 5.92 Å². The molecule has 2 aliphatic rings. The lowest BCUT2D eigenvalue weighted by Crippen LogP contribution is -2.25. The van der Waals surface area contributed by atoms with Gasteiger partial charge in [-0.15, -0.1) is 0 Å². The largest absolute Gasteiger partial charge is 0.193 e. The van der Waals surface area contributed by atoms with Gasteiger partial charge in [-0.05, 0) is 62.2 Å². The number of hydrogen-bond acceptors (Lipinski definition) is 1. The zero-order valence-corrected chi connectivity index (χ0v) is 13.2. The summed E-state index contributed by atoms with van der Waals surface area (Å²) in [4.78, 5) is 0. The van der Waals surface area contributed by atoms with Gasteiger partial charge < -0.3 is 0 Å². The number of nitrogens with zero attached hydrogens (tertiary/aromatic N) is 1. The molecule has 0 saturated heterocycles. The molecule has 0 heterocycles. The normalized spacial score (nSPS) is 35.0. The van der Waals surface area contributed by atoms with Gasteiger partial charge >= 0.3 is 0 Å². The van der Waals surface area contributed by atoms with Crippen molar-refractivity contribution < 1.29 is 0 Å². The molecule has 0 amide bonds. The van der Waals surface area contributed by atoms with Gasteiger partial charge in [-0.25, -0.2) is 0 Å². The van der Waals surface area contributed by atoms with Crippen LogP contribution in [0.5, 0.6) is 0 Å². The van der Waals surface area contributed by atoms with E-state index in [4.69, 9.17) is 5.26 Å². The van der Waals surface area contributed by atoms with Crippen LogP contribution in [0, 0.1) is 35.0 Å². The van der Waals surface area contributed by atoms with Crippen LogP contribution in [0.3, 0.4) is 0 Å². The van der Waals surface area contributed by atoms with Crippen LogP contribution >= 0.6 is 0 Å². The Labute approximate surface area is 125 Å². The van der Waals surface area contributed by atoms with Crippen molar-refractivity contribution >= 4 is 0 Å². The first kappa shape index (κ1) is 15.6. The highest BCUT2D eigenvalue weighted by molar-refractivity contribution is 5.04. The van der Waals surface area contributed by atoms with Crippen molar-refractivity contribution in [1.82, 2.24) is 0 Å². The van der Waals surface area contributed by atoms with Crippen molar-refractivity contribution in [3.63, 3.8) is 0 Å². The Bertz CT molecular complexity index is 322. The molecule has 0 aromatic rings. The van der Waals surface area contributed by atoms with Crippen molar-refractivity contribution in [2.75, 3.05) is 0 Å². The lowest BCUT2D eigenvalue weighted by Gasteiger charge is -2.37. The fraction of sp³-hybridized carbons (Fsp3) is 0.842. The standard InChI is InChI=1S/C19H31N/c1-2-3-5-16-7-11-18(12-8-16)19-13-9-17(10-14-19)6-4-15-20/h4,6,16-19H,2-3,5,7-14H2,1H3/b6-4+. The Morgan fingerprint density at radius 2 is 1.55 bits per heavy atom. The van der Waals surface area contributed by atoms with E-state index in [2.05, 4.69) is 19.1 Å². The van der Waals surface area contributed by atoms with Gasteiger partial charge in [0.15, 0.2) is 0 Å². The summed E-state index contributed by atoms with van der Waals surface area (Å²) in [5.41, 5.74) is 0. The summed E-state index contributed by atoms with van der Waals surface area (Å²) >= 11 is 0. The molecule has 2 rings (SSSR count). The molecule has 0 spiro atoms. The first-order valence-electron chi connectivity index (χ1n) is 8.89. The second kappa shape index (κ2) is 8.50. The van der Waals surface area contributed by atoms with Crippen LogP contribution in [0.25, 0.3) is 0 Å². The molecule has 2 fully saturated rings. The van der Waals surface area contributed by atoms with E-state index in [1.165, 1.54) is 70.6 Å². The molecule has 0 radical (unpaired) electrons. The second-order valence-corrected chi connectivity index (χ2v) is 7.09. The highest BCUT2D eigenvalue weighted by atomic mass is 14.4. The van der Waals surface area contributed by atoms with Crippen molar-refractivity contribution in [1.29, 1.82) is 5.26 Å². The first-order valence-corrected chi connectivity index (χ1v) is 8.89. The number of unbranched alkanes of at least 4 members (excludes halogenated alkanes) is 1. The minimum atomic E-state index is 0.687. The van der Waals surface area contributed by atoms with Crippen LogP contribution < -0.4 is 0 Å². The van der Waals surface area contributed by atoms with Crippen LogP contribution in [0.1, 0.15) is 77.6 Å². The molecule has 0 unspecified atom stereocenters. The quantitative estimate of drug-likeness (QED) is 0.575. The molecule has 1 nitrogen and oxygen atoms in total. The highest BCUT2D eigenvalue weighted by Gasteiger charge is 2.29. The van der Waals surface area contributed by atoms with E-state index in [-0.39, 0.29) is 0 Å². The second-order valence-electron chi connectivity index (χ2n) is 7.09. The van der Waals surface area contributed by atoms with Gasteiger partial charge in [-0.1, -0.05) is 45.1 Å². The van der Waals surface area contributed by atoms with Gasteiger partial charge in [-0.2, -0.15) is 5.26 Å². The maximum Gasteiger partial charge on any atom is 0.0908 e. The molecule has 0 aromatic carbocycles. The van der Waals surface area contributed by atoms with E-state index in [1.54, 1.807) is 6.08 Å². The van der Waals surface area contributed by atoms with E-state index in [0.717, 1.165) is 17.8 Å². The number of hydrogen-bond donors (Lipinski definition) is 0. The van der Waals surface area contributed by atoms with E-state index < -0.39 is 0 Å². The maximum absolute atomic E-state index is 8.60. The summed E-state index contributed by atoms with van der Waals surface area (Å²) in [5, 5.41) is 8.60. The lowest BCUT2D eigenvalue weighted by atomic mass is 9.68. The Balaban J connectivity index is 1.68. The third-order valence-corrected chi connectivity index (χ3v) is 5.78. The molecule has 2 saturated carbocycles. The third-order valence-electron chi connectivity index (χ3n) is 5.78. The van der Waals surface area contributed by atoms with Crippen LogP contribution in [0.2, 0.25) is 0 Å². The van der Waals surface area contributed by atoms with Crippen LogP contribution in [0.15, 0.2) is 12.2 Å². The molecule has 0 atom stereocenters. The van der Waals surface area contributed by atoms with Gasteiger partial charge in [0.2, 0.25) is 0 Å². The minimum absolute atomic E-state index is 0.687. The van der Waals surface area contributed by atoms with E-state index >= 15 is 0 Å². The molecule has 112 valence electrons. The smallest absolute Gasteiger partial charge is 0.0908 e. The summed E-state index contributed by atoms with van der Waals surface area (Å²) in [6.07, 6.45) is 19.5. The summed E-state index contributed by atoms with van der Waals surface area (Å²) in [6, 6.07) is 2.13. The van der Waals surface area contributed by atoms with E-state index in [9.17, 15) is 0 Å². The summed E-state index contributed by atoms with van der Waals surface area (Å²) in [7, 11) is 0. The van der Waals surface area contributed by atoms with Crippen molar-refractivity contribution in [2.45, 2.75) is 77.6 Å². The summed E-state index contributed by atoms with van der Waals surface area (Å²) in [6.45, 7) is 2.31. The van der Waals surface area contributed by atoms with E-state index in [1.807, 2.05) is 0 Å². The monoisotopic (exact) mass is 273 g/mol. The molecule has 0 bridgehead atoms. The van der Waals surface area contributed by atoms with Gasteiger partial charge in [0.25, 0.3) is 0 Å². The molecule has 20 heavy (non-hydrogen) atoms. The predicted molar refractivity (Wildman–Crippen MR) is 85.2 cm³/mol. The topological polar surface area (TPSA) is 23.8 Å². The molecule has 0 aliphatic heterocycles. The SMILES string of the molecule is CCCCC1CCC(C2CCC(/C=C/C#N)CC2)CC1. The summed E-state index contributed by atoms with van der Waals surface area (Å²) < 4.78 is 0. The van der Waals surface area contributed by atoms with Gasteiger partial charge in [0, 0.05) is 6.08 Å². The average Bonchev–Trinajstić information content (AvgIpc) is 2.52.